The van der Waals surface area contributed by atoms with E-state index in [1.807, 2.05) is 20.8 Å². The highest BCUT2D eigenvalue weighted by Gasteiger charge is 2.27. The maximum absolute atomic E-state index is 11.4. The number of carbonyl (C=O) groups excluding carboxylic acids is 1. The van der Waals surface area contributed by atoms with E-state index in [9.17, 15) is 4.79 Å². The molecule has 3 heteroatoms. The molecule has 1 heterocycles. The van der Waals surface area contributed by atoms with Gasteiger partial charge in [-0.2, -0.15) is 0 Å². The number of esters is 1. The molecular weight excluding hydrogens is 168 g/mol. The van der Waals surface area contributed by atoms with Gasteiger partial charge in [-0.05, 0) is 33.6 Å². The van der Waals surface area contributed by atoms with Gasteiger partial charge < -0.3 is 9.47 Å². The van der Waals surface area contributed by atoms with Crippen molar-refractivity contribution in [1.29, 1.82) is 0 Å². The summed E-state index contributed by atoms with van der Waals surface area (Å²) in [4.78, 5) is 11.4. The topological polar surface area (TPSA) is 35.5 Å². The van der Waals surface area contributed by atoms with Crippen LogP contribution in [0.1, 0.15) is 40.0 Å². The van der Waals surface area contributed by atoms with E-state index < -0.39 is 5.41 Å². The highest BCUT2D eigenvalue weighted by atomic mass is 16.7. The van der Waals surface area contributed by atoms with E-state index in [1.165, 1.54) is 0 Å². The van der Waals surface area contributed by atoms with Crippen LogP contribution < -0.4 is 0 Å². The van der Waals surface area contributed by atoms with Gasteiger partial charge in [0.2, 0.25) is 6.29 Å². The maximum Gasteiger partial charge on any atom is 0.313 e. The minimum Gasteiger partial charge on any atom is -0.435 e. The van der Waals surface area contributed by atoms with Gasteiger partial charge in [0.25, 0.3) is 0 Å². The van der Waals surface area contributed by atoms with Crippen molar-refractivity contribution in [2.75, 3.05) is 6.61 Å². The minimum absolute atomic E-state index is 0.181. The molecule has 0 aliphatic carbocycles. The Labute approximate surface area is 79.4 Å². The summed E-state index contributed by atoms with van der Waals surface area (Å²) >= 11 is 0. The summed E-state index contributed by atoms with van der Waals surface area (Å²) < 4.78 is 10.5. The van der Waals surface area contributed by atoms with Crippen molar-refractivity contribution in [3.8, 4) is 0 Å². The third-order valence-corrected chi connectivity index (χ3v) is 1.99. The Morgan fingerprint density at radius 3 is 2.54 bits per heavy atom. The standard InChI is InChI=1S/C10H18O3/c1-10(2,3)9(11)13-8-6-4-5-7-12-8/h8H,4-7H2,1-3H3. The van der Waals surface area contributed by atoms with Gasteiger partial charge in [0.15, 0.2) is 0 Å². The average Bonchev–Trinajstić information content (AvgIpc) is 2.04. The third-order valence-electron chi connectivity index (χ3n) is 1.99. The van der Waals surface area contributed by atoms with Crippen LogP contribution in [-0.2, 0) is 14.3 Å². The van der Waals surface area contributed by atoms with Crippen molar-refractivity contribution in [3.05, 3.63) is 0 Å². The Morgan fingerprint density at radius 1 is 1.38 bits per heavy atom. The zero-order valence-corrected chi connectivity index (χ0v) is 8.63. The highest BCUT2D eigenvalue weighted by Crippen LogP contribution is 2.20. The molecule has 3 nitrogen and oxygen atoms in total. The number of hydrogen-bond donors (Lipinski definition) is 0. The van der Waals surface area contributed by atoms with Crippen molar-refractivity contribution in [1.82, 2.24) is 0 Å². The summed E-state index contributed by atoms with van der Waals surface area (Å²) in [7, 11) is 0. The van der Waals surface area contributed by atoms with E-state index in [-0.39, 0.29) is 12.3 Å². The normalized spacial score (nSPS) is 24.1. The molecule has 0 aromatic rings. The summed E-state index contributed by atoms with van der Waals surface area (Å²) in [5.41, 5.74) is -0.430. The van der Waals surface area contributed by atoms with Crippen LogP contribution in [0, 0.1) is 5.41 Å². The first kappa shape index (κ1) is 10.5. The van der Waals surface area contributed by atoms with Gasteiger partial charge >= 0.3 is 5.97 Å². The molecule has 0 aromatic heterocycles. The Kier molecular flexibility index (Phi) is 3.31. The van der Waals surface area contributed by atoms with Gasteiger partial charge in [-0.3, -0.25) is 4.79 Å². The first-order valence-electron chi connectivity index (χ1n) is 4.83. The van der Waals surface area contributed by atoms with Crippen LogP contribution >= 0.6 is 0 Å². The second-order valence-corrected chi connectivity index (χ2v) is 4.45. The van der Waals surface area contributed by atoms with Crippen molar-refractivity contribution >= 4 is 5.97 Å². The lowest BCUT2D eigenvalue weighted by Gasteiger charge is -2.26. The molecule has 1 fully saturated rings. The van der Waals surface area contributed by atoms with E-state index in [1.54, 1.807) is 0 Å². The van der Waals surface area contributed by atoms with Crippen molar-refractivity contribution in [2.45, 2.75) is 46.3 Å². The Bertz CT molecular complexity index is 175. The average molecular weight is 186 g/mol. The molecule has 1 saturated heterocycles. The predicted octanol–water partition coefficient (Wildman–Crippen LogP) is 2.10. The Morgan fingerprint density at radius 2 is 2.08 bits per heavy atom. The Balaban J connectivity index is 2.35. The number of carbonyl (C=O) groups is 1. The molecule has 0 radical (unpaired) electrons. The highest BCUT2D eigenvalue weighted by molar-refractivity contribution is 5.75. The van der Waals surface area contributed by atoms with E-state index in [0.717, 1.165) is 19.3 Å². The molecule has 1 aliphatic rings. The molecule has 0 N–H and O–H groups in total. The van der Waals surface area contributed by atoms with Crippen molar-refractivity contribution in [3.63, 3.8) is 0 Å². The SMILES string of the molecule is CC(C)(C)C(=O)OC1CCCCO1. The summed E-state index contributed by atoms with van der Waals surface area (Å²) in [6, 6.07) is 0. The molecule has 0 spiro atoms. The van der Waals surface area contributed by atoms with Crippen molar-refractivity contribution < 1.29 is 14.3 Å². The van der Waals surface area contributed by atoms with E-state index in [2.05, 4.69) is 0 Å². The second-order valence-electron chi connectivity index (χ2n) is 4.45. The van der Waals surface area contributed by atoms with Crippen LogP contribution in [0.3, 0.4) is 0 Å². The molecule has 76 valence electrons. The van der Waals surface area contributed by atoms with E-state index in [0.29, 0.717) is 6.61 Å². The summed E-state index contributed by atoms with van der Waals surface area (Å²) in [5, 5.41) is 0. The fourth-order valence-electron chi connectivity index (χ4n) is 1.10. The predicted molar refractivity (Wildman–Crippen MR) is 49.1 cm³/mol. The number of rotatable bonds is 1. The molecule has 0 bridgehead atoms. The van der Waals surface area contributed by atoms with Crippen LogP contribution in [-0.4, -0.2) is 18.9 Å². The van der Waals surface area contributed by atoms with Gasteiger partial charge in [-0.15, -0.1) is 0 Å². The molecule has 1 atom stereocenters. The lowest BCUT2D eigenvalue weighted by Crippen LogP contribution is -2.31. The summed E-state index contributed by atoms with van der Waals surface area (Å²) in [5.74, 6) is -0.181. The Hall–Kier alpha value is -0.570. The lowest BCUT2D eigenvalue weighted by atomic mass is 9.97. The quantitative estimate of drug-likeness (QED) is 0.588. The minimum atomic E-state index is -0.430. The van der Waals surface area contributed by atoms with Crippen LogP contribution in [0.2, 0.25) is 0 Å². The molecule has 13 heavy (non-hydrogen) atoms. The first-order valence-corrected chi connectivity index (χ1v) is 4.83. The summed E-state index contributed by atoms with van der Waals surface area (Å²) in [6.45, 7) is 6.25. The van der Waals surface area contributed by atoms with Gasteiger partial charge in [0.1, 0.15) is 0 Å². The zero-order valence-electron chi connectivity index (χ0n) is 8.63. The van der Waals surface area contributed by atoms with Gasteiger partial charge in [-0.1, -0.05) is 0 Å². The van der Waals surface area contributed by atoms with Gasteiger partial charge in [-0.25, -0.2) is 0 Å². The molecular formula is C10H18O3. The van der Waals surface area contributed by atoms with E-state index >= 15 is 0 Å². The molecule has 1 aliphatic heterocycles. The first-order chi connectivity index (χ1) is 6.00. The second kappa shape index (κ2) is 4.09. The van der Waals surface area contributed by atoms with Crippen LogP contribution in [0.4, 0.5) is 0 Å². The molecule has 0 saturated carbocycles. The smallest absolute Gasteiger partial charge is 0.313 e. The fraction of sp³-hybridized carbons (Fsp3) is 0.900. The van der Waals surface area contributed by atoms with Crippen molar-refractivity contribution in [2.24, 2.45) is 5.41 Å². The number of hydrogen-bond acceptors (Lipinski definition) is 3. The van der Waals surface area contributed by atoms with Gasteiger partial charge in [0.05, 0.1) is 12.0 Å². The summed E-state index contributed by atoms with van der Waals surface area (Å²) in [6.07, 6.45) is 2.69. The third kappa shape index (κ3) is 3.35. The monoisotopic (exact) mass is 186 g/mol. The molecule has 1 rings (SSSR count). The molecule has 0 amide bonds. The zero-order chi connectivity index (χ0) is 9.90. The van der Waals surface area contributed by atoms with Gasteiger partial charge in [0, 0.05) is 6.42 Å². The fourth-order valence-corrected chi connectivity index (χ4v) is 1.10. The van der Waals surface area contributed by atoms with Crippen LogP contribution in [0.5, 0.6) is 0 Å². The molecule has 1 unspecified atom stereocenters. The largest absolute Gasteiger partial charge is 0.435 e. The van der Waals surface area contributed by atoms with E-state index in [4.69, 9.17) is 9.47 Å². The van der Waals surface area contributed by atoms with Crippen LogP contribution in [0.15, 0.2) is 0 Å². The van der Waals surface area contributed by atoms with Crippen LogP contribution in [0.25, 0.3) is 0 Å². The maximum atomic E-state index is 11.4. The number of ether oxygens (including phenoxy) is 2. The lowest BCUT2D eigenvalue weighted by molar-refractivity contribution is -0.195. The molecule has 0 aromatic carbocycles.